The molecule has 0 saturated carbocycles. The molecule has 1 N–H and O–H groups in total. The molecule has 0 radical (unpaired) electrons. The van der Waals surface area contributed by atoms with E-state index in [4.69, 9.17) is 0 Å². The van der Waals surface area contributed by atoms with E-state index in [1.54, 1.807) is 4.90 Å². The van der Waals surface area contributed by atoms with Crippen molar-refractivity contribution in [1.82, 2.24) is 9.47 Å². The van der Waals surface area contributed by atoms with Gasteiger partial charge >= 0.3 is 6.03 Å². The molecule has 1 unspecified atom stereocenters. The quantitative estimate of drug-likeness (QED) is 0.705. The molecule has 0 aliphatic carbocycles. The number of amides is 2. The van der Waals surface area contributed by atoms with Gasteiger partial charge in [-0.25, -0.2) is 18.0 Å². The summed E-state index contributed by atoms with van der Waals surface area (Å²) in [5, 5.41) is 2.73. The number of hydrogen-bond acceptors (Lipinski definition) is 1. The number of halogens is 3. The number of rotatable bonds is 2. The lowest BCUT2D eigenvalue weighted by atomic mass is 10.00. The average molecular weight is 371 g/mol. The van der Waals surface area contributed by atoms with Crippen LogP contribution in [-0.2, 0) is 6.54 Å². The van der Waals surface area contributed by atoms with Gasteiger partial charge in [0, 0.05) is 30.7 Å². The molecule has 0 saturated heterocycles. The van der Waals surface area contributed by atoms with Gasteiger partial charge in [0.1, 0.15) is 5.82 Å². The summed E-state index contributed by atoms with van der Waals surface area (Å²) >= 11 is 0. The lowest BCUT2D eigenvalue weighted by Gasteiger charge is -2.37. The fourth-order valence-corrected chi connectivity index (χ4v) is 3.36. The maximum absolute atomic E-state index is 13.8. The van der Waals surface area contributed by atoms with Crippen molar-refractivity contribution < 1.29 is 18.0 Å². The highest BCUT2D eigenvalue weighted by molar-refractivity contribution is 5.90. The Hall–Kier alpha value is -3.22. The number of nitrogens with one attached hydrogen (secondary N) is 1. The van der Waals surface area contributed by atoms with Crippen molar-refractivity contribution in [3.63, 3.8) is 0 Å². The van der Waals surface area contributed by atoms with Crippen molar-refractivity contribution in [2.75, 3.05) is 11.9 Å². The summed E-state index contributed by atoms with van der Waals surface area (Å²) in [4.78, 5) is 14.4. The molecule has 0 bridgehead atoms. The van der Waals surface area contributed by atoms with Crippen molar-refractivity contribution in [2.45, 2.75) is 12.6 Å². The Labute approximate surface area is 153 Å². The van der Waals surface area contributed by atoms with Crippen molar-refractivity contribution in [1.29, 1.82) is 0 Å². The molecule has 27 heavy (non-hydrogen) atoms. The standard InChI is InChI=1S/C20H16F3N3O/c21-14-4-6-15(7-5-14)24-20(27)26-11-10-25-9-1-2-18(25)19(26)13-3-8-16(22)17(23)12-13/h1-9,12,19H,10-11H2,(H,24,27). The zero-order chi connectivity index (χ0) is 19.0. The smallest absolute Gasteiger partial charge is 0.322 e. The van der Waals surface area contributed by atoms with Crippen LogP contribution in [0.15, 0.2) is 60.8 Å². The van der Waals surface area contributed by atoms with Gasteiger partial charge in [0.25, 0.3) is 0 Å². The van der Waals surface area contributed by atoms with E-state index in [0.717, 1.165) is 17.8 Å². The summed E-state index contributed by atoms with van der Waals surface area (Å²) in [6.07, 6.45) is 1.89. The van der Waals surface area contributed by atoms with Gasteiger partial charge in [-0.2, -0.15) is 0 Å². The molecule has 0 spiro atoms. The lowest BCUT2D eigenvalue weighted by Crippen LogP contribution is -2.44. The molecule has 2 heterocycles. The minimum atomic E-state index is -0.963. The summed E-state index contributed by atoms with van der Waals surface area (Å²) < 4.78 is 42.2. The number of nitrogens with zero attached hydrogens (tertiary/aromatic N) is 2. The Bertz CT molecular complexity index is 984. The summed E-state index contributed by atoms with van der Waals surface area (Å²) in [7, 11) is 0. The Morgan fingerprint density at radius 3 is 2.48 bits per heavy atom. The maximum atomic E-state index is 13.8. The van der Waals surface area contributed by atoms with Gasteiger partial charge in [0.05, 0.1) is 6.04 Å². The Balaban J connectivity index is 1.68. The van der Waals surface area contributed by atoms with Gasteiger partial charge in [0.15, 0.2) is 11.6 Å². The number of anilines is 1. The van der Waals surface area contributed by atoms with Gasteiger partial charge in [0.2, 0.25) is 0 Å². The number of carbonyl (C=O) groups excluding carboxylic acids is 1. The van der Waals surface area contributed by atoms with Crippen LogP contribution in [0.25, 0.3) is 0 Å². The normalized spacial score (nSPS) is 16.1. The topological polar surface area (TPSA) is 37.3 Å². The number of fused-ring (bicyclic) bond motifs is 1. The summed E-state index contributed by atoms with van der Waals surface area (Å²) in [6.45, 7) is 0.970. The molecule has 1 atom stereocenters. The number of aromatic nitrogens is 1. The van der Waals surface area contributed by atoms with Gasteiger partial charge in [-0.1, -0.05) is 6.07 Å². The fourth-order valence-electron chi connectivity index (χ4n) is 3.36. The van der Waals surface area contributed by atoms with Crippen molar-refractivity contribution in [2.24, 2.45) is 0 Å². The van der Waals surface area contributed by atoms with Crippen LogP contribution in [0.4, 0.5) is 23.7 Å². The zero-order valence-corrected chi connectivity index (χ0v) is 14.2. The Morgan fingerprint density at radius 1 is 0.963 bits per heavy atom. The van der Waals surface area contributed by atoms with Crippen LogP contribution in [0.5, 0.6) is 0 Å². The van der Waals surface area contributed by atoms with Crippen LogP contribution < -0.4 is 5.32 Å². The van der Waals surface area contributed by atoms with E-state index in [2.05, 4.69) is 5.32 Å². The first-order valence-electron chi connectivity index (χ1n) is 8.46. The molecule has 4 nitrogen and oxygen atoms in total. The van der Waals surface area contributed by atoms with Crippen LogP contribution in [0.1, 0.15) is 17.3 Å². The molecule has 1 aliphatic heterocycles. The third kappa shape index (κ3) is 3.28. The molecule has 138 valence electrons. The summed E-state index contributed by atoms with van der Waals surface area (Å²) in [5.41, 5.74) is 1.73. The van der Waals surface area contributed by atoms with Crippen LogP contribution in [0, 0.1) is 17.5 Å². The first-order valence-corrected chi connectivity index (χ1v) is 8.46. The summed E-state index contributed by atoms with van der Waals surface area (Å²) in [6, 6.07) is 11.8. The molecule has 1 aliphatic rings. The summed E-state index contributed by atoms with van der Waals surface area (Å²) in [5.74, 6) is -2.30. The third-order valence-corrected chi connectivity index (χ3v) is 4.65. The van der Waals surface area contributed by atoms with Crippen molar-refractivity contribution in [3.05, 3.63) is 89.5 Å². The largest absolute Gasteiger partial charge is 0.348 e. The van der Waals surface area contributed by atoms with E-state index in [1.165, 1.54) is 30.3 Å². The lowest BCUT2D eigenvalue weighted by molar-refractivity contribution is 0.181. The first-order chi connectivity index (χ1) is 13.0. The molecular formula is C20H16F3N3O. The van der Waals surface area contributed by atoms with E-state index in [9.17, 15) is 18.0 Å². The molecule has 7 heteroatoms. The van der Waals surface area contributed by atoms with Gasteiger partial charge < -0.3 is 14.8 Å². The predicted octanol–water partition coefficient (Wildman–Crippen LogP) is 4.54. The number of carbonyl (C=O) groups is 1. The minimum absolute atomic E-state index is 0.387. The minimum Gasteiger partial charge on any atom is -0.348 e. The average Bonchev–Trinajstić information content (AvgIpc) is 3.14. The van der Waals surface area contributed by atoms with E-state index < -0.39 is 29.5 Å². The molecule has 1 aromatic heterocycles. The second-order valence-corrected chi connectivity index (χ2v) is 6.33. The van der Waals surface area contributed by atoms with Gasteiger partial charge in [-0.3, -0.25) is 0 Å². The second kappa shape index (κ2) is 6.83. The van der Waals surface area contributed by atoms with E-state index in [-0.39, 0.29) is 0 Å². The second-order valence-electron chi connectivity index (χ2n) is 6.33. The van der Waals surface area contributed by atoms with E-state index in [0.29, 0.717) is 24.3 Å². The van der Waals surface area contributed by atoms with Crippen LogP contribution in [0.3, 0.4) is 0 Å². The van der Waals surface area contributed by atoms with Crippen LogP contribution in [-0.4, -0.2) is 22.0 Å². The van der Waals surface area contributed by atoms with E-state index in [1.807, 2.05) is 22.9 Å². The maximum Gasteiger partial charge on any atom is 0.322 e. The molecule has 4 rings (SSSR count). The molecular weight excluding hydrogens is 355 g/mol. The highest BCUT2D eigenvalue weighted by atomic mass is 19.2. The monoisotopic (exact) mass is 371 g/mol. The first kappa shape index (κ1) is 17.2. The highest BCUT2D eigenvalue weighted by Gasteiger charge is 2.32. The van der Waals surface area contributed by atoms with Gasteiger partial charge in [-0.15, -0.1) is 0 Å². The SMILES string of the molecule is O=C(Nc1ccc(F)cc1)N1CCn2cccc2C1c1ccc(F)c(F)c1. The predicted molar refractivity (Wildman–Crippen MR) is 94.8 cm³/mol. The van der Waals surface area contributed by atoms with E-state index >= 15 is 0 Å². The molecule has 2 amide bonds. The van der Waals surface area contributed by atoms with Crippen molar-refractivity contribution in [3.8, 4) is 0 Å². The van der Waals surface area contributed by atoms with Crippen LogP contribution in [0.2, 0.25) is 0 Å². The number of benzene rings is 2. The Kier molecular flexibility index (Phi) is 4.35. The Morgan fingerprint density at radius 2 is 1.74 bits per heavy atom. The van der Waals surface area contributed by atoms with Crippen molar-refractivity contribution >= 4 is 11.7 Å². The fraction of sp³-hybridized carbons (Fsp3) is 0.150. The molecule has 2 aromatic carbocycles. The number of urea groups is 1. The van der Waals surface area contributed by atoms with Crippen LogP contribution >= 0.6 is 0 Å². The molecule has 0 fully saturated rings. The molecule has 3 aromatic rings. The zero-order valence-electron chi connectivity index (χ0n) is 14.2. The number of hydrogen-bond donors (Lipinski definition) is 1. The van der Waals surface area contributed by atoms with Gasteiger partial charge in [-0.05, 0) is 54.1 Å². The highest BCUT2D eigenvalue weighted by Crippen LogP contribution is 2.33. The third-order valence-electron chi connectivity index (χ3n) is 4.65.